The summed E-state index contributed by atoms with van der Waals surface area (Å²) in [7, 11) is -3.73. The Morgan fingerprint density at radius 2 is 1.96 bits per heavy atom. The minimum Gasteiger partial charge on any atom is -0.376 e. The standard InChI is InChI=1S/C19H21BrN2O4S/c1-13(18-6-3-11-26-18)21-19(23)14-4-2-5-16(12-14)22-27(24,25)17-9-7-15(20)8-10-17/h2,4-5,7-10,12-13,18,22H,3,6,11H2,1H3,(H,21,23). The van der Waals surface area contributed by atoms with Gasteiger partial charge in [-0.05, 0) is 62.2 Å². The van der Waals surface area contributed by atoms with Crippen LogP contribution in [0.1, 0.15) is 30.1 Å². The van der Waals surface area contributed by atoms with Gasteiger partial charge in [-0.2, -0.15) is 0 Å². The normalized spacial score (nSPS) is 18.1. The van der Waals surface area contributed by atoms with Crippen molar-refractivity contribution in [2.45, 2.75) is 36.8 Å². The summed E-state index contributed by atoms with van der Waals surface area (Å²) in [6, 6.07) is 12.6. The van der Waals surface area contributed by atoms with Gasteiger partial charge in [0.1, 0.15) is 0 Å². The van der Waals surface area contributed by atoms with Crippen molar-refractivity contribution in [1.82, 2.24) is 5.32 Å². The molecular formula is C19H21BrN2O4S. The third-order valence-corrected chi connectivity index (χ3v) is 6.31. The van der Waals surface area contributed by atoms with Gasteiger partial charge in [-0.1, -0.05) is 22.0 Å². The molecule has 1 saturated heterocycles. The van der Waals surface area contributed by atoms with Gasteiger partial charge in [0.25, 0.3) is 15.9 Å². The lowest BCUT2D eigenvalue weighted by molar-refractivity contribution is 0.0712. The topological polar surface area (TPSA) is 84.5 Å². The van der Waals surface area contributed by atoms with Gasteiger partial charge in [-0.15, -0.1) is 0 Å². The van der Waals surface area contributed by atoms with Crippen LogP contribution in [0.5, 0.6) is 0 Å². The fraction of sp³-hybridized carbons (Fsp3) is 0.316. The Balaban J connectivity index is 1.71. The Kier molecular flexibility index (Phi) is 6.18. The molecule has 0 aliphatic carbocycles. The van der Waals surface area contributed by atoms with E-state index in [4.69, 9.17) is 4.74 Å². The molecule has 1 aliphatic rings. The molecular weight excluding hydrogens is 432 g/mol. The summed E-state index contributed by atoms with van der Waals surface area (Å²) >= 11 is 3.28. The Hall–Kier alpha value is -1.90. The molecule has 0 spiro atoms. The maximum atomic E-state index is 12.5. The summed E-state index contributed by atoms with van der Waals surface area (Å²) in [6.45, 7) is 2.63. The molecule has 2 aromatic rings. The first kappa shape index (κ1) is 19.9. The number of nitrogens with one attached hydrogen (secondary N) is 2. The van der Waals surface area contributed by atoms with Crippen molar-refractivity contribution in [2.75, 3.05) is 11.3 Å². The van der Waals surface area contributed by atoms with E-state index in [0.717, 1.165) is 23.9 Å². The number of amides is 1. The highest BCUT2D eigenvalue weighted by Gasteiger charge is 2.24. The number of halogens is 1. The van der Waals surface area contributed by atoms with Crippen molar-refractivity contribution in [2.24, 2.45) is 0 Å². The van der Waals surface area contributed by atoms with Crippen LogP contribution in [0.4, 0.5) is 5.69 Å². The molecule has 3 rings (SSSR count). The van der Waals surface area contributed by atoms with Crippen molar-refractivity contribution in [1.29, 1.82) is 0 Å². The van der Waals surface area contributed by atoms with Gasteiger partial charge in [0.15, 0.2) is 0 Å². The average Bonchev–Trinajstić information content (AvgIpc) is 3.17. The second-order valence-electron chi connectivity index (χ2n) is 6.45. The Morgan fingerprint density at radius 3 is 2.63 bits per heavy atom. The predicted molar refractivity (Wildman–Crippen MR) is 107 cm³/mol. The van der Waals surface area contributed by atoms with Crippen LogP contribution in [0.3, 0.4) is 0 Å². The average molecular weight is 453 g/mol. The van der Waals surface area contributed by atoms with Crippen molar-refractivity contribution in [3.8, 4) is 0 Å². The molecule has 1 aliphatic heterocycles. The molecule has 27 heavy (non-hydrogen) atoms. The third-order valence-electron chi connectivity index (χ3n) is 4.38. The number of ether oxygens (including phenoxy) is 1. The molecule has 1 heterocycles. The fourth-order valence-electron chi connectivity index (χ4n) is 2.93. The third kappa shape index (κ3) is 5.09. The zero-order valence-electron chi connectivity index (χ0n) is 14.8. The molecule has 0 radical (unpaired) electrons. The number of carbonyl (C=O) groups excluding carboxylic acids is 1. The van der Waals surface area contributed by atoms with Crippen LogP contribution in [-0.2, 0) is 14.8 Å². The quantitative estimate of drug-likeness (QED) is 0.701. The monoisotopic (exact) mass is 452 g/mol. The van der Waals surface area contributed by atoms with Crippen LogP contribution < -0.4 is 10.0 Å². The highest BCUT2D eigenvalue weighted by molar-refractivity contribution is 9.10. The number of anilines is 1. The number of hydrogen-bond donors (Lipinski definition) is 2. The minimum absolute atomic E-state index is 0.0213. The lowest BCUT2D eigenvalue weighted by atomic mass is 10.1. The van der Waals surface area contributed by atoms with Crippen LogP contribution in [0.15, 0.2) is 57.9 Å². The van der Waals surface area contributed by atoms with Crippen LogP contribution in [-0.4, -0.2) is 33.1 Å². The maximum absolute atomic E-state index is 12.5. The summed E-state index contributed by atoms with van der Waals surface area (Å²) in [5.74, 6) is -0.261. The van der Waals surface area contributed by atoms with Crippen LogP contribution in [0, 0.1) is 0 Å². The SMILES string of the molecule is CC(NC(=O)c1cccc(NS(=O)(=O)c2ccc(Br)cc2)c1)C1CCCO1. The zero-order valence-corrected chi connectivity index (χ0v) is 17.2. The summed E-state index contributed by atoms with van der Waals surface area (Å²) in [6.07, 6.45) is 1.94. The summed E-state index contributed by atoms with van der Waals surface area (Å²) in [5, 5.41) is 2.92. The van der Waals surface area contributed by atoms with Crippen LogP contribution in [0.25, 0.3) is 0 Å². The van der Waals surface area contributed by atoms with Crippen LogP contribution in [0.2, 0.25) is 0 Å². The molecule has 1 fully saturated rings. The number of rotatable bonds is 6. The van der Waals surface area contributed by atoms with Crippen molar-refractivity contribution < 1.29 is 17.9 Å². The molecule has 2 aromatic carbocycles. The molecule has 0 bridgehead atoms. The fourth-order valence-corrected chi connectivity index (χ4v) is 4.25. The predicted octanol–water partition coefficient (Wildman–Crippen LogP) is 3.55. The molecule has 2 unspecified atom stereocenters. The van der Waals surface area contributed by atoms with E-state index in [0.29, 0.717) is 11.3 Å². The van der Waals surface area contributed by atoms with Gasteiger partial charge >= 0.3 is 0 Å². The van der Waals surface area contributed by atoms with Crippen LogP contribution >= 0.6 is 15.9 Å². The summed E-state index contributed by atoms with van der Waals surface area (Å²) in [5.41, 5.74) is 0.714. The molecule has 2 N–H and O–H groups in total. The first-order valence-electron chi connectivity index (χ1n) is 8.66. The van der Waals surface area contributed by atoms with Crippen molar-refractivity contribution >= 4 is 37.5 Å². The largest absolute Gasteiger partial charge is 0.376 e. The number of sulfonamides is 1. The molecule has 6 nitrogen and oxygen atoms in total. The molecule has 0 saturated carbocycles. The van der Waals surface area contributed by atoms with Gasteiger partial charge in [0.2, 0.25) is 0 Å². The first-order chi connectivity index (χ1) is 12.8. The van der Waals surface area contributed by atoms with E-state index in [1.165, 1.54) is 18.2 Å². The van der Waals surface area contributed by atoms with Gasteiger partial charge in [0, 0.05) is 22.3 Å². The first-order valence-corrected chi connectivity index (χ1v) is 10.9. The maximum Gasteiger partial charge on any atom is 0.261 e. The smallest absolute Gasteiger partial charge is 0.261 e. The summed E-state index contributed by atoms with van der Waals surface area (Å²) in [4.78, 5) is 12.6. The van der Waals surface area contributed by atoms with E-state index in [1.807, 2.05) is 6.92 Å². The Labute approximate surface area is 167 Å². The highest BCUT2D eigenvalue weighted by Crippen LogP contribution is 2.20. The number of benzene rings is 2. The highest BCUT2D eigenvalue weighted by atomic mass is 79.9. The van der Waals surface area contributed by atoms with Gasteiger partial charge in [-0.25, -0.2) is 8.42 Å². The van der Waals surface area contributed by atoms with E-state index in [1.54, 1.807) is 30.3 Å². The molecule has 8 heteroatoms. The van der Waals surface area contributed by atoms with E-state index < -0.39 is 10.0 Å². The molecule has 2 atom stereocenters. The van der Waals surface area contributed by atoms with Crippen molar-refractivity contribution in [3.63, 3.8) is 0 Å². The minimum atomic E-state index is -3.73. The lowest BCUT2D eigenvalue weighted by Gasteiger charge is -2.20. The number of hydrogen-bond acceptors (Lipinski definition) is 4. The van der Waals surface area contributed by atoms with Gasteiger partial charge in [-0.3, -0.25) is 9.52 Å². The van der Waals surface area contributed by atoms with Crippen molar-refractivity contribution in [3.05, 3.63) is 58.6 Å². The molecule has 144 valence electrons. The van der Waals surface area contributed by atoms with E-state index in [9.17, 15) is 13.2 Å². The van der Waals surface area contributed by atoms with Gasteiger partial charge < -0.3 is 10.1 Å². The van der Waals surface area contributed by atoms with Gasteiger partial charge in [0.05, 0.1) is 17.0 Å². The zero-order chi connectivity index (χ0) is 19.4. The Bertz CT molecular complexity index is 910. The van der Waals surface area contributed by atoms with E-state index in [2.05, 4.69) is 26.0 Å². The lowest BCUT2D eigenvalue weighted by Crippen LogP contribution is -2.40. The van der Waals surface area contributed by atoms with E-state index >= 15 is 0 Å². The second kappa shape index (κ2) is 8.41. The molecule has 0 aromatic heterocycles. The second-order valence-corrected chi connectivity index (χ2v) is 9.05. The Morgan fingerprint density at radius 1 is 1.22 bits per heavy atom. The van der Waals surface area contributed by atoms with E-state index in [-0.39, 0.29) is 22.9 Å². The molecule has 1 amide bonds. The summed E-state index contributed by atoms with van der Waals surface area (Å²) < 4.78 is 33.9. The number of carbonyl (C=O) groups is 1.